The largest absolute Gasteiger partial charge is 0.493 e. The van der Waals surface area contributed by atoms with Crippen LogP contribution in [0.15, 0.2) is 36.4 Å². The molecular formula is C29H36F3N3O3. The summed E-state index contributed by atoms with van der Waals surface area (Å²) < 4.78 is 51.9. The number of aliphatic hydroxyl groups is 1. The summed E-state index contributed by atoms with van der Waals surface area (Å²) in [6.45, 7) is 17.1. The van der Waals surface area contributed by atoms with Crippen LogP contribution in [0.5, 0.6) is 5.75 Å². The van der Waals surface area contributed by atoms with Crippen LogP contribution in [0, 0.1) is 13.5 Å². The number of alkyl halides is 3. The number of ether oxygens (including phenoxy) is 2. The zero-order valence-corrected chi connectivity index (χ0v) is 22.2. The van der Waals surface area contributed by atoms with Gasteiger partial charge in [-0.1, -0.05) is 18.2 Å². The Morgan fingerprint density at radius 3 is 2.39 bits per heavy atom. The van der Waals surface area contributed by atoms with E-state index in [-0.39, 0.29) is 12.2 Å². The van der Waals surface area contributed by atoms with E-state index in [1.807, 2.05) is 17.9 Å². The summed E-state index contributed by atoms with van der Waals surface area (Å²) in [5.74, 6) is 0.790. The summed E-state index contributed by atoms with van der Waals surface area (Å²) in [5.41, 5.74) is 0.425. The molecule has 0 bridgehead atoms. The zero-order valence-electron chi connectivity index (χ0n) is 22.2. The normalized spacial score (nSPS) is 22.2. The van der Waals surface area contributed by atoms with E-state index in [0.717, 1.165) is 37.0 Å². The number of hydrogen-bond donors (Lipinski definition) is 1. The van der Waals surface area contributed by atoms with Gasteiger partial charge in [0, 0.05) is 44.8 Å². The van der Waals surface area contributed by atoms with Crippen LogP contribution in [0.1, 0.15) is 49.8 Å². The van der Waals surface area contributed by atoms with Gasteiger partial charge < -0.3 is 19.5 Å². The van der Waals surface area contributed by atoms with Crippen LogP contribution in [0.3, 0.4) is 0 Å². The lowest BCUT2D eigenvalue weighted by molar-refractivity contribution is -0.136. The van der Waals surface area contributed by atoms with Crippen molar-refractivity contribution in [1.29, 1.82) is 0 Å². The first-order chi connectivity index (χ1) is 18.0. The van der Waals surface area contributed by atoms with Gasteiger partial charge in [-0.05, 0) is 62.9 Å². The van der Waals surface area contributed by atoms with E-state index in [1.54, 1.807) is 6.07 Å². The topological polar surface area (TPSA) is 49.5 Å². The maximum atomic E-state index is 13.3. The van der Waals surface area contributed by atoms with Gasteiger partial charge in [-0.2, -0.15) is 13.2 Å². The molecular weight excluding hydrogens is 495 g/mol. The lowest BCUT2D eigenvalue weighted by Gasteiger charge is -2.39. The van der Waals surface area contributed by atoms with Crippen molar-refractivity contribution in [2.45, 2.75) is 70.6 Å². The molecule has 2 heterocycles. The van der Waals surface area contributed by atoms with Crippen molar-refractivity contribution in [3.8, 4) is 5.75 Å². The standard InChI is InChI=1S/C29H36F3N3O3/c1-20-15-23(19-34-17-21(2)38-22(3)18-34)5-8-27(20)37-14-11-28(36)9-12-35(13-10-28)24-6-7-26(33-4)25(16-24)29(30,31)32/h5-8,15-16,21-22,36H,9-14,17-19H2,1-3H3/t21-,22+. The number of morpholine rings is 1. The molecule has 4 rings (SSSR count). The number of benzene rings is 2. The quantitative estimate of drug-likeness (QED) is 0.446. The highest BCUT2D eigenvalue weighted by Crippen LogP contribution is 2.39. The lowest BCUT2D eigenvalue weighted by atomic mass is 9.88. The Bertz CT molecular complexity index is 1150. The number of anilines is 1. The molecule has 0 spiro atoms. The fourth-order valence-electron chi connectivity index (χ4n) is 5.47. The average Bonchev–Trinajstić information content (AvgIpc) is 2.84. The smallest absolute Gasteiger partial charge is 0.407 e. The fraction of sp³-hybridized carbons (Fsp3) is 0.552. The van der Waals surface area contributed by atoms with E-state index in [2.05, 4.69) is 35.7 Å². The first kappa shape index (κ1) is 28.2. The third kappa shape index (κ3) is 6.99. The summed E-state index contributed by atoms with van der Waals surface area (Å²) in [5, 5.41) is 11.1. The Morgan fingerprint density at radius 1 is 1.11 bits per heavy atom. The van der Waals surface area contributed by atoms with Crippen molar-refractivity contribution in [1.82, 2.24) is 4.90 Å². The summed E-state index contributed by atoms with van der Waals surface area (Å²) in [7, 11) is 0. The Labute approximate surface area is 222 Å². The van der Waals surface area contributed by atoms with E-state index in [0.29, 0.717) is 44.6 Å². The van der Waals surface area contributed by atoms with Crippen molar-refractivity contribution < 1.29 is 27.8 Å². The zero-order chi connectivity index (χ0) is 27.5. The van der Waals surface area contributed by atoms with Gasteiger partial charge in [-0.15, -0.1) is 0 Å². The number of hydrogen-bond acceptors (Lipinski definition) is 5. The molecule has 2 fully saturated rings. The fourth-order valence-corrected chi connectivity index (χ4v) is 5.47. The third-order valence-corrected chi connectivity index (χ3v) is 7.43. The van der Waals surface area contributed by atoms with Gasteiger partial charge in [0.25, 0.3) is 0 Å². The van der Waals surface area contributed by atoms with Gasteiger partial charge in [-0.25, -0.2) is 4.85 Å². The monoisotopic (exact) mass is 531 g/mol. The van der Waals surface area contributed by atoms with Gasteiger partial charge in [0.05, 0.1) is 36.6 Å². The lowest BCUT2D eigenvalue weighted by Crippen LogP contribution is -2.45. The predicted molar refractivity (Wildman–Crippen MR) is 141 cm³/mol. The molecule has 2 aliphatic rings. The number of piperidine rings is 1. The molecule has 38 heavy (non-hydrogen) atoms. The number of rotatable bonds is 7. The van der Waals surface area contributed by atoms with Crippen molar-refractivity contribution in [3.63, 3.8) is 0 Å². The van der Waals surface area contributed by atoms with E-state index in [9.17, 15) is 18.3 Å². The first-order valence-electron chi connectivity index (χ1n) is 13.1. The minimum atomic E-state index is -4.58. The van der Waals surface area contributed by atoms with Crippen LogP contribution in [0.2, 0.25) is 0 Å². The molecule has 206 valence electrons. The van der Waals surface area contributed by atoms with Crippen LogP contribution in [-0.4, -0.2) is 60.6 Å². The summed E-state index contributed by atoms with van der Waals surface area (Å²) in [4.78, 5) is 7.23. The van der Waals surface area contributed by atoms with Crippen LogP contribution in [0.25, 0.3) is 4.85 Å². The van der Waals surface area contributed by atoms with Crippen LogP contribution >= 0.6 is 0 Å². The molecule has 6 nitrogen and oxygen atoms in total. The number of nitrogens with zero attached hydrogens (tertiary/aromatic N) is 3. The minimum Gasteiger partial charge on any atom is -0.493 e. The summed E-state index contributed by atoms with van der Waals surface area (Å²) in [6.07, 6.45) is -2.84. The van der Waals surface area contributed by atoms with Gasteiger partial charge in [-0.3, -0.25) is 4.90 Å². The molecule has 9 heteroatoms. The molecule has 0 aliphatic carbocycles. The average molecular weight is 532 g/mol. The number of halogens is 3. The van der Waals surface area contributed by atoms with E-state index >= 15 is 0 Å². The van der Waals surface area contributed by atoms with Gasteiger partial charge >= 0.3 is 6.18 Å². The summed E-state index contributed by atoms with van der Waals surface area (Å²) >= 11 is 0. The maximum Gasteiger partial charge on any atom is 0.407 e. The first-order valence-corrected chi connectivity index (χ1v) is 13.1. The molecule has 2 aromatic carbocycles. The van der Waals surface area contributed by atoms with E-state index < -0.39 is 23.0 Å². The maximum absolute atomic E-state index is 13.3. The van der Waals surface area contributed by atoms with Crippen molar-refractivity contribution >= 4 is 11.4 Å². The van der Waals surface area contributed by atoms with E-state index in [1.165, 1.54) is 11.6 Å². The van der Waals surface area contributed by atoms with Crippen LogP contribution in [-0.2, 0) is 17.5 Å². The van der Waals surface area contributed by atoms with Gasteiger partial charge in [0.1, 0.15) is 5.75 Å². The molecule has 2 aliphatic heterocycles. The van der Waals surface area contributed by atoms with Crippen molar-refractivity contribution in [3.05, 3.63) is 64.5 Å². The minimum absolute atomic E-state index is 0.225. The molecule has 2 aromatic rings. The van der Waals surface area contributed by atoms with Gasteiger partial charge in [0.2, 0.25) is 0 Å². The highest BCUT2D eigenvalue weighted by atomic mass is 19.4. The molecule has 2 saturated heterocycles. The van der Waals surface area contributed by atoms with E-state index in [4.69, 9.17) is 16.0 Å². The van der Waals surface area contributed by atoms with Gasteiger partial charge in [0.15, 0.2) is 5.69 Å². The second kappa shape index (κ2) is 11.5. The van der Waals surface area contributed by atoms with Crippen molar-refractivity contribution in [2.24, 2.45) is 0 Å². The molecule has 0 unspecified atom stereocenters. The highest BCUT2D eigenvalue weighted by molar-refractivity contribution is 5.62. The Hall–Kier alpha value is -2.80. The molecule has 2 atom stereocenters. The Balaban J connectivity index is 1.28. The SMILES string of the molecule is [C-]#[N+]c1ccc(N2CCC(O)(CCOc3ccc(CN4C[C@@H](C)O[C@@H](C)C4)cc3C)CC2)cc1C(F)(F)F. The molecule has 0 aromatic heterocycles. The molecule has 0 radical (unpaired) electrons. The molecule has 1 N–H and O–H groups in total. The molecule has 0 saturated carbocycles. The second-order valence-corrected chi connectivity index (χ2v) is 10.7. The van der Waals surface area contributed by atoms with Crippen LogP contribution in [0.4, 0.5) is 24.5 Å². The Morgan fingerprint density at radius 2 is 1.79 bits per heavy atom. The Kier molecular flexibility index (Phi) is 8.55. The highest BCUT2D eigenvalue weighted by Gasteiger charge is 2.36. The second-order valence-electron chi connectivity index (χ2n) is 10.7. The van der Waals surface area contributed by atoms with Crippen LogP contribution < -0.4 is 9.64 Å². The third-order valence-electron chi connectivity index (χ3n) is 7.43. The predicted octanol–water partition coefficient (Wildman–Crippen LogP) is 5.97. The summed E-state index contributed by atoms with van der Waals surface area (Å²) in [6, 6.07) is 10.00. The van der Waals surface area contributed by atoms with Crippen molar-refractivity contribution in [2.75, 3.05) is 37.7 Å². The number of aryl methyl sites for hydroxylation is 1. The molecule has 0 amide bonds.